The molecule has 0 saturated carbocycles. The van der Waals surface area contributed by atoms with Crippen LogP contribution >= 0.6 is 11.8 Å². The summed E-state index contributed by atoms with van der Waals surface area (Å²) in [4.78, 5) is 30.8. The molecule has 1 heterocycles. The van der Waals surface area contributed by atoms with Crippen molar-refractivity contribution >= 4 is 29.2 Å². The van der Waals surface area contributed by atoms with Gasteiger partial charge < -0.3 is 4.74 Å². The van der Waals surface area contributed by atoms with Gasteiger partial charge in [-0.3, -0.25) is 14.6 Å². The van der Waals surface area contributed by atoms with Crippen molar-refractivity contribution in [1.82, 2.24) is 0 Å². The normalized spacial score (nSPS) is 23.5. The number of aliphatic imine (C=N–C) groups is 1. The number of ether oxygens (including phenoxy) is 1. The second-order valence-electron chi connectivity index (χ2n) is 8.43. The van der Waals surface area contributed by atoms with E-state index in [4.69, 9.17) is 4.74 Å². The molecule has 1 unspecified atom stereocenters. The van der Waals surface area contributed by atoms with E-state index < -0.39 is 11.8 Å². The maximum Gasteiger partial charge on any atom is 0.315 e. The number of rotatable bonds is 6. The largest absolute Gasteiger partial charge is 0.464 e. The van der Waals surface area contributed by atoms with Crippen LogP contribution < -0.4 is 0 Å². The summed E-state index contributed by atoms with van der Waals surface area (Å²) in [7, 11) is 0. The summed E-state index contributed by atoms with van der Waals surface area (Å²) < 4.78 is 19.1. The molecule has 1 aliphatic heterocycles. The number of benzene rings is 1. The number of esters is 1. The van der Waals surface area contributed by atoms with Gasteiger partial charge in [0.05, 0.1) is 0 Å². The van der Waals surface area contributed by atoms with Crippen molar-refractivity contribution in [2.24, 2.45) is 16.3 Å². The van der Waals surface area contributed by atoms with Gasteiger partial charge in [0.25, 0.3) is 0 Å². The molecule has 1 aliphatic carbocycles. The molecule has 0 radical (unpaired) electrons. The number of allylic oxidation sites excluding steroid dienone is 2. The lowest BCUT2D eigenvalue weighted by atomic mass is 9.67. The molecule has 0 saturated heterocycles. The average Bonchev–Trinajstić information content (AvgIpc) is 2.63. The molecule has 2 atom stereocenters. The van der Waals surface area contributed by atoms with Gasteiger partial charge in [-0.2, -0.15) is 11.8 Å². The third-order valence-electron chi connectivity index (χ3n) is 5.46. The minimum Gasteiger partial charge on any atom is -0.464 e. The van der Waals surface area contributed by atoms with E-state index in [9.17, 15) is 14.0 Å². The number of halogens is 1. The smallest absolute Gasteiger partial charge is 0.315 e. The molecule has 29 heavy (non-hydrogen) atoms. The van der Waals surface area contributed by atoms with Crippen LogP contribution in [0.4, 0.5) is 4.39 Å². The van der Waals surface area contributed by atoms with Gasteiger partial charge in [-0.25, -0.2) is 4.39 Å². The number of Topliss-reactive ketones (excluding diaryl/α,β-unsaturated/α-hetero) is 1. The number of hydrogen-bond donors (Lipinski definition) is 0. The second kappa shape index (κ2) is 8.82. The zero-order valence-corrected chi connectivity index (χ0v) is 18.3. The van der Waals surface area contributed by atoms with E-state index >= 15 is 0 Å². The first-order valence-corrected chi connectivity index (χ1v) is 11.2. The molecule has 0 aromatic heterocycles. The summed E-state index contributed by atoms with van der Waals surface area (Å²) in [6, 6.07) is 6.05. The third kappa shape index (κ3) is 4.80. The van der Waals surface area contributed by atoms with Crippen molar-refractivity contribution in [3.05, 3.63) is 46.9 Å². The third-order valence-corrected chi connectivity index (χ3v) is 6.32. The molecule has 0 amide bonds. The van der Waals surface area contributed by atoms with Gasteiger partial charge in [0.1, 0.15) is 18.3 Å². The van der Waals surface area contributed by atoms with Gasteiger partial charge >= 0.3 is 5.97 Å². The van der Waals surface area contributed by atoms with E-state index in [1.165, 1.54) is 12.1 Å². The first kappa shape index (κ1) is 21.8. The van der Waals surface area contributed by atoms with Crippen LogP contribution in [0.25, 0.3) is 0 Å². The highest BCUT2D eigenvalue weighted by atomic mass is 32.2. The topological polar surface area (TPSA) is 55.7 Å². The lowest BCUT2D eigenvalue weighted by Crippen LogP contribution is -2.39. The summed E-state index contributed by atoms with van der Waals surface area (Å²) >= 11 is 1.70. The van der Waals surface area contributed by atoms with E-state index in [-0.39, 0.29) is 23.0 Å². The van der Waals surface area contributed by atoms with E-state index in [0.717, 1.165) is 22.8 Å². The van der Waals surface area contributed by atoms with E-state index in [0.29, 0.717) is 30.7 Å². The van der Waals surface area contributed by atoms with Crippen LogP contribution in [0.1, 0.15) is 52.0 Å². The standard InChI is InChI=1S/C23H28FNO3S/c1-5-29-11-10-28-22(27)19-14(2)25-17-12-23(3,4)13-18(26)21(17)20(19)15-6-8-16(24)9-7-15/h6-9,19-20H,5,10-13H2,1-4H3/t19?,20-/m1/s1. The molecule has 1 aromatic carbocycles. The molecular formula is C23H28FNO3S. The van der Waals surface area contributed by atoms with Crippen molar-refractivity contribution in [3.63, 3.8) is 0 Å². The summed E-state index contributed by atoms with van der Waals surface area (Å²) in [5, 5.41) is 0. The van der Waals surface area contributed by atoms with Gasteiger partial charge in [-0.15, -0.1) is 0 Å². The van der Waals surface area contributed by atoms with Gasteiger partial charge in [-0.1, -0.05) is 32.9 Å². The molecule has 2 aliphatic rings. The van der Waals surface area contributed by atoms with Crippen molar-refractivity contribution in [2.75, 3.05) is 18.1 Å². The molecule has 0 bridgehead atoms. The van der Waals surface area contributed by atoms with Gasteiger partial charge in [-0.05, 0) is 42.2 Å². The quantitative estimate of drug-likeness (QED) is 0.486. The highest BCUT2D eigenvalue weighted by Gasteiger charge is 2.45. The Morgan fingerprint density at radius 3 is 2.62 bits per heavy atom. The average molecular weight is 418 g/mol. The van der Waals surface area contributed by atoms with Crippen LogP contribution in [-0.4, -0.2) is 35.6 Å². The van der Waals surface area contributed by atoms with E-state index in [2.05, 4.69) is 25.8 Å². The van der Waals surface area contributed by atoms with Crippen molar-refractivity contribution in [1.29, 1.82) is 0 Å². The molecule has 6 heteroatoms. The number of ketones is 1. The molecule has 1 aromatic rings. The van der Waals surface area contributed by atoms with Crippen molar-refractivity contribution in [2.45, 2.75) is 46.5 Å². The Kier molecular flexibility index (Phi) is 6.62. The Morgan fingerprint density at radius 1 is 1.28 bits per heavy atom. The molecular weight excluding hydrogens is 389 g/mol. The fourth-order valence-electron chi connectivity index (χ4n) is 4.22. The molecule has 156 valence electrons. The van der Waals surface area contributed by atoms with Crippen molar-refractivity contribution in [3.8, 4) is 0 Å². The molecule has 3 rings (SSSR count). The lowest BCUT2D eigenvalue weighted by Gasteiger charge is -2.39. The van der Waals surface area contributed by atoms with Crippen LogP contribution in [0.5, 0.6) is 0 Å². The van der Waals surface area contributed by atoms with E-state index in [1.54, 1.807) is 23.9 Å². The SMILES string of the molecule is CCSCCOC(=O)C1C(C)=NC2=C(C(=O)CC(C)(C)C2)[C@@H]1c1ccc(F)cc1. The fourth-order valence-corrected chi connectivity index (χ4v) is 4.71. The number of carbonyl (C=O) groups excluding carboxylic acids is 2. The zero-order chi connectivity index (χ0) is 21.2. The minimum absolute atomic E-state index is 0.0150. The summed E-state index contributed by atoms with van der Waals surface area (Å²) in [6.07, 6.45) is 1.09. The van der Waals surface area contributed by atoms with Gasteiger partial charge in [0.15, 0.2) is 5.78 Å². The molecule has 0 spiro atoms. The monoisotopic (exact) mass is 417 g/mol. The van der Waals surface area contributed by atoms with Crippen LogP contribution in [-0.2, 0) is 14.3 Å². The number of thioether (sulfide) groups is 1. The molecule has 0 N–H and O–H groups in total. The maximum absolute atomic E-state index is 13.5. The lowest BCUT2D eigenvalue weighted by molar-refractivity contribution is -0.145. The molecule has 4 nitrogen and oxygen atoms in total. The predicted octanol–water partition coefficient (Wildman–Crippen LogP) is 4.94. The summed E-state index contributed by atoms with van der Waals surface area (Å²) in [6.45, 7) is 8.30. The van der Waals surface area contributed by atoms with Crippen LogP contribution in [0, 0.1) is 17.2 Å². The second-order valence-corrected chi connectivity index (χ2v) is 9.82. The van der Waals surface area contributed by atoms with Crippen LogP contribution in [0.15, 0.2) is 40.5 Å². The fraction of sp³-hybridized carbons (Fsp3) is 0.522. The Morgan fingerprint density at radius 2 is 1.97 bits per heavy atom. The molecule has 0 fully saturated rings. The first-order valence-electron chi connectivity index (χ1n) is 10.0. The van der Waals surface area contributed by atoms with Crippen molar-refractivity contribution < 1.29 is 18.7 Å². The van der Waals surface area contributed by atoms with Gasteiger partial charge in [0.2, 0.25) is 0 Å². The highest BCUT2D eigenvalue weighted by Crippen LogP contribution is 2.47. The Hall–Kier alpha value is -1.95. The number of nitrogens with zero attached hydrogens (tertiary/aromatic N) is 1. The Labute approximate surface area is 176 Å². The summed E-state index contributed by atoms with van der Waals surface area (Å²) in [5.41, 5.74) is 2.57. The first-order chi connectivity index (χ1) is 13.7. The number of carbonyl (C=O) groups is 2. The predicted molar refractivity (Wildman–Crippen MR) is 115 cm³/mol. The van der Waals surface area contributed by atoms with Crippen LogP contribution in [0.2, 0.25) is 0 Å². The zero-order valence-electron chi connectivity index (χ0n) is 17.5. The van der Waals surface area contributed by atoms with Gasteiger partial charge in [0, 0.05) is 35.1 Å². The Balaban J connectivity index is 2.01. The maximum atomic E-state index is 13.5. The Bertz CT molecular complexity index is 857. The summed E-state index contributed by atoms with van der Waals surface area (Å²) in [5.74, 6) is -0.180. The van der Waals surface area contributed by atoms with Crippen LogP contribution in [0.3, 0.4) is 0 Å². The highest BCUT2D eigenvalue weighted by molar-refractivity contribution is 7.99. The van der Waals surface area contributed by atoms with E-state index in [1.807, 2.05) is 6.92 Å². The number of hydrogen-bond acceptors (Lipinski definition) is 5. The minimum atomic E-state index is -0.670.